The average Bonchev–Trinajstić information content (AvgIpc) is 2.54. The van der Waals surface area contributed by atoms with Crippen molar-refractivity contribution in [3.8, 4) is 0 Å². The zero-order valence-electron chi connectivity index (χ0n) is 7.07. The van der Waals surface area contributed by atoms with Crippen molar-refractivity contribution in [2.75, 3.05) is 6.61 Å². The molecule has 0 N–H and O–H groups in total. The summed E-state index contributed by atoms with van der Waals surface area (Å²) in [4.78, 5) is 0. The third kappa shape index (κ3) is 1.49. The lowest BCUT2D eigenvalue weighted by atomic mass is 10.1. The van der Waals surface area contributed by atoms with Gasteiger partial charge in [0.15, 0.2) is 6.29 Å². The first kappa shape index (κ1) is 7.77. The maximum atomic E-state index is 5.53. The van der Waals surface area contributed by atoms with Gasteiger partial charge in [-0.3, -0.25) is 0 Å². The van der Waals surface area contributed by atoms with Gasteiger partial charge >= 0.3 is 0 Å². The van der Waals surface area contributed by atoms with Gasteiger partial charge in [-0.05, 0) is 12.5 Å². The molecule has 0 radical (unpaired) electrons. The lowest BCUT2D eigenvalue weighted by Gasteiger charge is -2.07. The van der Waals surface area contributed by atoms with E-state index in [0.29, 0.717) is 6.61 Å². The van der Waals surface area contributed by atoms with Gasteiger partial charge in [0.1, 0.15) is 6.10 Å². The smallest absolute Gasteiger partial charge is 0.155 e. The van der Waals surface area contributed by atoms with E-state index in [0.717, 1.165) is 0 Å². The highest BCUT2D eigenvalue weighted by Crippen LogP contribution is 2.25. The van der Waals surface area contributed by atoms with E-state index in [1.165, 1.54) is 5.56 Å². The van der Waals surface area contributed by atoms with Crippen LogP contribution in [0.2, 0.25) is 0 Å². The highest BCUT2D eigenvalue weighted by molar-refractivity contribution is 5.18. The van der Waals surface area contributed by atoms with Crippen LogP contribution >= 0.6 is 0 Å². The van der Waals surface area contributed by atoms with Gasteiger partial charge in [0, 0.05) is 0 Å². The Morgan fingerprint density at radius 2 is 2.00 bits per heavy atom. The summed E-state index contributed by atoms with van der Waals surface area (Å²) in [6.07, 6.45) is 0.0661. The Labute approximate surface area is 72.1 Å². The summed E-state index contributed by atoms with van der Waals surface area (Å²) in [5.41, 5.74) is 1.20. The molecular weight excluding hydrogens is 152 g/mol. The van der Waals surface area contributed by atoms with Crippen molar-refractivity contribution in [2.24, 2.45) is 0 Å². The number of hydrogen-bond acceptors (Lipinski definition) is 2. The van der Waals surface area contributed by atoms with Crippen molar-refractivity contribution in [1.29, 1.82) is 0 Å². The first-order valence-electron chi connectivity index (χ1n) is 4.18. The molecule has 2 rings (SSSR count). The fourth-order valence-electron chi connectivity index (χ4n) is 1.38. The fraction of sp³-hybridized carbons (Fsp3) is 0.400. The predicted molar refractivity (Wildman–Crippen MR) is 45.7 cm³/mol. The zero-order valence-corrected chi connectivity index (χ0v) is 7.07. The first-order chi connectivity index (χ1) is 5.86. The molecule has 1 aromatic rings. The third-order valence-electron chi connectivity index (χ3n) is 2.01. The van der Waals surface area contributed by atoms with E-state index >= 15 is 0 Å². The quantitative estimate of drug-likeness (QED) is 0.633. The Morgan fingerprint density at radius 3 is 2.58 bits per heavy atom. The van der Waals surface area contributed by atoms with Crippen LogP contribution in [-0.4, -0.2) is 12.9 Å². The largest absolute Gasteiger partial charge is 0.350 e. The van der Waals surface area contributed by atoms with Crippen LogP contribution in [0, 0.1) is 0 Å². The molecule has 1 fully saturated rings. The lowest BCUT2D eigenvalue weighted by molar-refractivity contribution is -0.0426. The molecule has 12 heavy (non-hydrogen) atoms. The minimum Gasteiger partial charge on any atom is -0.350 e. The van der Waals surface area contributed by atoms with Gasteiger partial charge in [0.2, 0.25) is 0 Å². The molecule has 0 spiro atoms. The number of ether oxygens (including phenoxy) is 2. The van der Waals surface area contributed by atoms with E-state index in [1.807, 2.05) is 25.1 Å². The molecule has 1 saturated heterocycles. The third-order valence-corrected chi connectivity index (χ3v) is 2.01. The topological polar surface area (TPSA) is 18.5 Å². The molecule has 0 unspecified atom stereocenters. The standard InChI is InChI=1S/C10H12O2/c1-8-11-7-10(12-8)9-5-3-2-4-6-9/h2-6,8,10H,7H2,1H3/t8-,10+/m0/s1. The summed E-state index contributed by atoms with van der Waals surface area (Å²) >= 11 is 0. The van der Waals surface area contributed by atoms with E-state index in [-0.39, 0.29) is 12.4 Å². The molecule has 0 saturated carbocycles. The summed E-state index contributed by atoms with van der Waals surface area (Å²) < 4.78 is 10.8. The molecule has 2 heteroatoms. The molecule has 1 heterocycles. The molecule has 64 valence electrons. The maximum Gasteiger partial charge on any atom is 0.155 e. The SMILES string of the molecule is C[C@H]1OC[C@H](c2ccccc2)O1. The molecule has 0 aromatic heterocycles. The summed E-state index contributed by atoms with van der Waals surface area (Å²) in [6, 6.07) is 10.2. The monoisotopic (exact) mass is 164 g/mol. The van der Waals surface area contributed by atoms with Crippen LogP contribution in [0.1, 0.15) is 18.6 Å². The molecule has 2 nitrogen and oxygen atoms in total. The van der Waals surface area contributed by atoms with Gasteiger partial charge in [-0.25, -0.2) is 0 Å². The molecule has 0 aliphatic carbocycles. The second kappa shape index (κ2) is 3.25. The van der Waals surface area contributed by atoms with Crippen molar-refractivity contribution < 1.29 is 9.47 Å². The minimum absolute atomic E-state index is 0.0600. The normalized spacial score (nSPS) is 29.1. The van der Waals surface area contributed by atoms with Gasteiger partial charge in [0.05, 0.1) is 6.61 Å². The van der Waals surface area contributed by atoms with Gasteiger partial charge in [0.25, 0.3) is 0 Å². The van der Waals surface area contributed by atoms with E-state index in [2.05, 4.69) is 12.1 Å². The highest BCUT2D eigenvalue weighted by atomic mass is 16.7. The molecule has 0 amide bonds. The van der Waals surface area contributed by atoms with Crippen LogP contribution in [-0.2, 0) is 9.47 Å². The molecule has 0 bridgehead atoms. The van der Waals surface area contributed by atoms with Crippen molar-refractivity contribution >= 4 is 0 Å². The van der Waals surface area contributed by atoms with Gasteiger partial charge in [-0.2, -0.15) is 0 Å². The summed E-state index contributed by atoms with van der Waals surface area (Å²) in [7, 11) is 0. The number of benzene rings is 1. The van der Waals surface area contributed by atoms with E-state index in [4.69, 9.17) is 9.47 Å². The lowest BCUT2D eigenvalue weighted by Crippen LogP contribution is -2.01. The minimum atomic E-state index is -0.0600. The Hall–Kier alpha value is -0.860. The van der Waals surface area contributed by atoms with Crippen LogP contribution in [0.3, 0.4) is 0 Å². The van der Waals surface area contributed by atoms with Crippen LogP contribution in [0.5, 0.6) is 0 Å². The highest BCUT2D eigenvalue weighted by Gasteiger charge is 2.23. The second-order valence-electron chi connectivity index (χ2n) is 2.94. The molecule has 1 aliphatic rings. The van der Waals surface area contributed by atoms with Crippen LogP contribution in [0.4, 0.5) is 0 Å². The maximum absolute atomic E-state index is 5.53. The van der Waals surface area contributed by atoms with E-state index in [1.54, 1.807) is 0 Å². The number of hydrogen-bond donors (Lipinski definition) is 0. The molecule has 1 aliphatic heterocycles. The zero-order chi connectivity index (χ0) is 8.39. The molecule has 2 atom stereocenters. The summed E-state index contributed by atoms with van der Waals surface area (Å²) in [5, 5.41) is 0. The van der Waals surface area contributed by atoms with E-state index in [9.17, 15) is 0 Å². The van der Waals surface area contributed by atoms with Crippen molar-refractivity contribution in [3.63, 3.8) is 0 Å². The Kier molecular flexibility index (Phi) is 2.11. The van der Waals surface area contributed by atoms with Crippen molar-refractivity contribution in [2.45, 2.75) is 19.3 Å². The molecule has 1 aromatic carbocycles. The van der Waals surface area contributed by atoms with Gasteiger partial charge in [-0.1, -0.05) is 30.3 Å². The summed E-state index contributed by atoms with van der Waals surface area (Å²) in [6.45, 7) is 2.59. The average molecular weight is 164 g/mol. The predicted octanol–water partition coefficient (Wildman–Crippen LogP) is 2.12. The number of rotatable bonds is 1. The van der Waals surface area contributed by atoms with Gasteiger partial charge in [-0.15, -0.1) is 0 Å². The second-order valence-corrected chi connectivity index (χ2v) is 2.94. The van der Waals surface area contributed by atoms with Gasteiger partial charge < -0.3 is 9.47 Å². The Balaban J connectivity index is 2.11. The van der Waals surface area contributed by atoms with Crippen LogP contribution in [0.15, 0.2) is 30.3 Å². The Morgan fingerprint density at radius 1 is 1.25 bits per heavy atom. The Bertz CT molecular complexity index is 245. The summed E-state index contributed by atoms with van der Waals surface area (Å²) in [5.74, 6) is 0. The van der Waals surface area contributed by atoms with Crippen molar-refractivity contribution in [3.05, 3.63) is 35.9 Å². The first-order valence-corrected chi connectivity index (χ1v) is 4.18. The van der Waals surface area contributed by atoms with Crippen LogP contribution < -0.4 is 0 Å². The van der Waals surface area contributed by atoms with Crippen molar-refractivity contribution in [1.82, 2.24) is 0 Å². The van der Waals surface area contributed by atoms with E-state index < -0.39 is 0 Å². The van der Waals surface area contributed by atoms with Crippen LogP contribution in [0.25, 0.3) is 0 Å². The molecular formula is C10H12O2. The fourth-order valence-corrected chi connectivity index (χ4v) is 1.38.